The first-order valence-corrected chi connectivity index (χ1v) is 6.77. The van der Waals surface area contributed by atoms with Gasteiger partial charge in [0.15, 0.2) is 0 Å². The maximum absolute atomic E-state index is 13.4. The molecule has 3 rings (SSSR count). The van der Waals surface area contributed by atoms with Crippen LogP contribution in [0.15, 0.2) is 24.3 Å². The number of benzene rings is 1. The fourth-order valence-corrected chi connectivity index (χ4v) is 2.84. The molecule has 2 aromatic rings. The van der Waals surface area contributed by atoms with E-state index in [4.69, 9.17) is 0 Å². The van der Waals surface area contributed by atoms with E-state index in [0.29, 0.717) is 5.92 Å². The second-order valence-corrected chi connectivity index (χ2v) is 5.16. The summed E-state index contributed by atoms with van der Waals surface area (Å²) in [6.07, 6.45) is 2.30. The monoisotopic (exact) mass is 259 g/mol. The van der Waals surface area contributed by atoms with E-state index in [0.717, 1.165) is 42.0 Å². The quantitative estimate of drug-likeness (QED) is 0.870. The maximum Gasteiger partial charge on any atom is 0.123 e. The van der Waals surface area contributed by atoms with E-state index in [-0.39, 0.29) is 5.82 Å². The summed E-state index contributed by atoms with van der Waals surface area (Å²) in [5.74, 6) is 0.211. The van der Waals surface area contributed by atoms with Gasteiger partial charge >= 0.3 is 0 Å². The first-order valence-electron chi connectivity index (χ1n) is 6.77. The molecule has 1 aliphatic rings. The van der Waals surface area contributed by atoms with Gasteiger partial charge in [-0.1, -0.05) is 12.1 Å². The molecule has 2 N–H and O–H groups in total. The molecule has 1 aromatic carbocycles. The summed E-state index contributed by atoms with van der Waals surface area (Å²) in [7, 11) is 0. The number of aromatic amines is 1. The molecule has 0 saturated carbocycles. The van der Waals surface area contributed by atoms with E-state index in [9.17, 15) is 4.39 Å². The third-order valence-corrected chi connectivity index (χ3v) is 3.77. The number of halogens is 1. The number of aromatic nitrogens is 2. The van der Waals surface area contributed by atoms with Crippen molar-refractivity contribution in [2.75, 3.05) is 13.1 Å². The molecule has 3 nitrogen and oxygen atoms in total. The molecule has 19 heavy (non-hydrogen) atoms. The summed E-state index contributed by atoms with van der Waals surface area (Å²) in [6.45, 7) is 4.02. The fraction of sp³-hybridized carbons (Fsp3) is 0.400. The van der Waals surface area contributed by atoms with Gasteiger partial charge in [-0.3, -0.25) is 5.10 Å². The van der Waals surface area contributed by atoms with Crippen molar-refractivity contribution in [3.8, 4) is 11.1 Å². The Bertz CT molecular complexity index is 571. The zero-order valence-corrected chi connectivity index (χ0v) is 11.0. The average molecular weight is 259 g/mol. The predicted molar refractivity (Wildman–Crippen MR) is 73.6 cm³/mol. The molecule has 2 heterocycles. The molecule has 0 radical (unpaired) electrons. The van der Waals surface area contributed by atoms with Gasteiger partial charge in [0.1, 0.15) is 5.82 Å². The molecule has 1 unspecified atom stereocenters. The Kier molecular flexibility index (Phi) is 3.34. The average Bonchev–Trinajstić information content (AvgIpc) is 2.82. The summed E-state index contributed by atoms with van der Waals surface area (Å²) in [6, 6.07) is 6.75. The molecule has 0 amide bonds. The van der Waals surface area contributed by atoms with Gasteiger partial charge in [-0.15, -0.1) is 0 Å². The van der Waals surface area contributed by atoms with Gasteiger partial charge in [0.25, 0.3) is 0 Å². The summed E-state index contributed by atoms with van der Waals surface area (Å²) in [5.41, 5.74) is 4.04. The number of nitrogens with one attached hydrogen (secondary N) is 2. The van der Waals surface area contributed by atoms with E-state index in [1.807, 2.05) is 13.0 Å². The minimum absolute atomic E-state index is 0.203. The van der Waals surface area contributed by atoms with Gasteiger partial charge in [-0.05, 0) is 44.0 Å². The third kappa shape index (κ3) is 2.40. The van der Waals surface area contributed by atoms with Crippen LogP contribution in [0.5, 0.6) is 0 Å². The van der Waals surface area contributed by atoms with Crippen molar-refractivity contribution < 1.29 is 4.39 Å². The van der Waals surface area contributed by atoms with Crippen LogP contribution >= 0.6 is 0 Å². The highest BCUT2D eigenvalue weighted by Gasteiger charge is 2.23. The number of rotatable bonds is 2. The molecule has 1 saturated heterocycles. The fourth-order valence-electron chi connectivity index (χ4n) is 2.84. The summed E-state index contributed by atoms with van der Waals surface area (Å²) < 4.78 is 13.4. The van der Waals surface area contributed by atoms with Crippen LogP contribution in [-0.2, 0) is 0 Å². The predicted octanol–water partition coefficient (Wildman–Crippen LogP) is 2.99. The van der Waals surface area contributed by atoms with Crippen LogP contribution in [0.3, 0.4) is 0 Å². The largest absolute Gasteiger partial charge is 0.316 e. The van der Waals surface area contributed by atoms with Crippen molar-refractivity contribution in [3.05, 3.63) is 41.5 Å². The van der Waals surface area contributed by atoms with Crippen LogP contribution < -0.4 is 5.32 Å². The molecule has 0 spiro atoms. The molecule has 0 bridgehead atoms. The Morgan fingerprint density at radius 1 is 1.37 bits per heavy atom. The van der Waals surface area contributed by atoms with E-state index >= 15 is 0 Å². The Balaban J connectivity index is 2.03. The van der Waals surface area contributed by atoms with Crippen molar-refractivity contribution in [2.45, 2.75) is 25.7 Å². The summed E-state index contributed by atoms with van der Waals surface area (Å²) in [5, 5.41) is 10.9. The lowest BCUT2D eigenvalue weighted by atomic mass is 9.90. The molecule has 4 heteroatoms. The smallest absolute Gasteiger partial charge is 0.123 e. The number of nitrogens with zero attached hydrogens (tertiary/aromatic N) is 1. The van der Waals surface area contributed by atoms with Gasteiger partial charge < -0.3 is 5.32 Å². The van der Waals surface area contributed by atoms with Gasteiger partial charge in [-0.2, -0.15) is 5.10 Å². The molecule has 1 aliphatic heterocycles. The molecule has 1 aromatic heterocycles. The minimum atomic E-state index is -0.203. The van der Waals surface area contributed by atoms with Gasteiger partial charge in [0.05, 0.1) is 5.69 Å². The maximum atomic E-state index is 13.4. The van der Waals surface area contributed by atoms with Crippen molar-refractivity contribution in [1.82, 2.24) is 15.5 Å². The van der Waals surface area contributed by atoms with Gasteiger partial charge in [0.2, 0.25) is 0 Å². The number of piperidine rings is 1. The molecule has 0 aliphatic carbocycles. The molecular weight excluding hydrogens is 241 g/mol. The number of hydrogen-bond donors (Lipinski definition) is 2. The third-order valence-electron chi connectivity index (χ3n) is 3.77. The first kappa shape index (κ1) is 12.4. The van der Waals surface area contributed by atoms with Crippen LogP contribution in [0.25, 0.3) is 11.1 Å². The molecule has 1 atom stereocenters. The van der Waals surface area contributed by atoms with E-state index in [1.54, 1.807) is 12.1 Å². The van der Waals surface area contributed by atoms with E-state index in [2.05, 4.69) is 15.5 Å². The van der Waals surface area contributed by atoms with Gasteiger partial charge in [0, 0.05) is 23.7 Å². The van der Waals surface area contributed by atoms with Crippen molar-refractivity contribution in [2.24, 2.45) is 0 Å². The topological polar surface area (TPSA) is 40.7 Å². The van der Waals surface area contributed by atoms with Crippen LogP contribution in [-0.4, -0.2) is 23.3 Å². The minimum Gasteiger partial charge on any atom is -0.316 e. The lowest BCUT2D eigenvalue weighted by molar-refractivity contribution is 0.455. The summed E-state index contributed by atoms with van der Waals surface area (Å²) >= 11 is 0. The second-order valence-electron chi connectivity index (χ2n) is 5.16. The van der Waals surface area contributed by atoms with Crippen molar-refractivity contribution >= 4 is 0 Å². The van der Waals surface area contributed by atoms with Crippen LogP contribution in [0.4, 0.5) is 4.39 Å². The van der Waals surface area contributed by atoms with Crippen molar-refractivity contribution in [3.63, 3.8) is 0 Å². The lowest BCUT2D eigenvalue weighted by Gasteiger charge is -2.22. The van der Waals surface area contributed by atoms with Crippen LogP contribution in [0, 0.1) is 12.7 Å². The van der Waals surface area contributed by atoms with Crippen LogP contribution in [0.2, 0.25) is 0 Å². The Morgan fingerprint density at radius 2 is 2.26 bits per heavy atom. The van der Waals surface area contributed by atoms with Crippen LogP contribution in [0.1, 0.15) is 30.1 Å². The molecule has 1 fully saturated rings. The van der Waals surface area contributed by atoms with E-state index < -0.39 is 0 Å². The van der Waals surface area contributed by atoms with Crippen molar-refractivity contribution in [1.29, 1.82) is 0 Å². The summed E-state index contributed by atoms with van der Waals surface area (Å²) in [4.78, 5) is 0. The highest BCUT2D eigenvalue weighted by atomic mass is 19.1. The lowest BCUT2D eigenvalue weighted by Crippen LogP contribution is -2.28. The first-order chi connectivity index (χ1) is 9.25. The zero-order valence-electron chi connectivity index (χ0n) is 11.0. The van der Waals surface area contributed by atoms with Gasteiger partial charge in [-0.25, -0.2) is 4.39 Å². The highest BCUT2D eigenvalue weighted by Crippen LogP contribution is 2.33. The zero-order chi connectivity index (χ0) is 13.2. The standard InChI is InChI=1S/C15H18FN3/c1-10-14(11-4-2-6-13(16)8-11)15(19-18-10)12-5-3-7-17-9-12/h2,4,6,8,12,17H,3,5,7,9H2,1H3,(H,18,19). The number of aryl methyl sites for hydroxylation is 1. The molecule has 100 valence electrons. The number of H-pyrrole nitrogens is 1. The SMILES string of the molecule is Cc1[nH]nc(C2CCCNC2)c1-c1cccc(F)c1. The number of hydrogen-bond acceptors (Lipinski definition) is 2. The normalized spacial score (nSPS) is 19.6. The molecular formula is C15H18FN3. The Labute approximate surface area is 112 Å². The second kappa shape index (κ2) is 5.13. The van der Waals surface area contributed by atoms with E-state index in [1.165, 1.54) is 12.5 Å². The highest BCUT2D eigenvalue weighted by molar-refractivity contribution is 5.69. The Hall–Kier alpha value is -1.68. The Morgan fingerprint density at radius 3 is 3.00 bits per heavy atom.